The topological polar surface area (TPSA) is 89.2 Å². The molecule has 0 spiro atoms. The summed E-state index contributed by atoms with van der Waals surface area (Å²) >= 11 is 0. The second kappa shape index (κ2) is 8.28. The van der Waals surface area contributed by atoms with Crippen molar-refractivity contribution >= 4 is 17.1 Å². The van der Waals surface area contributed by atoms with Gasteiger partial charge in [-0.1, -0.05) is 12.5 Å². The van der Waals surface area contributed by atoms with Gasteiger partial charge in [-0.15, -0.1) is 0 Å². The first-order chi connectivity index (χ1) is 15.2. The maximum atomic E-state index is 11.1. The smallest absolute Gasteiger partial charge is 0.408 e. The summed E-state index contributed by atoms with van der Waals surface area (Å²) in [4.78, 5) is 21.5. The maximum Gasteiger partial charge on any atom is 0.410 e. The monoisotopic (exact) mass is 415 g/mol. The van der Waals surface area contributed by atoms with Crippen molar-refractivity contribution in [3.05, 3.63) is 66.5 Å². The summed E-state index contributed by atoms with van der Waals surface area (Å²) in [6.45, 7) is 3.41. The number of hydrogen-bond acceptors (Lipinski definition) is 4. The van der Waals surface area contributed by atoms with Crippen molar-refractivity contribution in [3.8, 4) is 22.8 Å². The number of nitrogens with two attached hydrogens (primary N) is 1. The number of ether oxygens (including phenoxy) is 1. The number of primary amides is 1. The fourth-order valence-corrected chi connectivity index (χ4v) is 4.20. The number of aromatic nitrogens is 3. The van der Waals surface area contributed by atoms with Crippen LogP contribution in [0.4, 0.5) is 4.79 Å². The number of piperidine rings is 1. The van der Waals surface area contributed by atoms with Gasteiger partial charge in [0.15, 0.2) is 5.75 Å². The van der Waals surface area contributed by atoms with Crippen LogP contribution in [0.2, 0.25) is 0 Å². The zero-order chi connectivity index (χ0) is 21.2. The van der Waals surface area contributed by atoms with Crippen LogP contribution in [0, 0.1) is 0 Å². The van der Waals surface area contributed by atoms with Gasteiger partial charge in [-0.05, 0) is 74.0 Å². The first-order valence-electron chi connectivity index (χ1n) is 10.6. The van der Waals surface area contributed by atoms with Gasteiger partial charge in [-0.3, -0.25) is 4.90 Å². The van der Waals surface area contributed by atoms with E-state index in [0.29, 0.717) is 17.1 Å². The van der Waals surface area contributed by atoms with Crippen LogP contribution in [-0.4, -0.2) is 38.6 Å². The van der Waals surface area contributed by atoms with E-state index in [-0.39, 0.29) is 0 Å². The SMILES string of the molecule is NC(=O)Oc1cccc2[nH]c(-c3ccc(-n4ccc(CN5CCCCC5)c4)cc3)nc12. The fraction of sp³-hybridized carbons (Fsp3) is 0.250. The van der Waals surface area contributed by atoms with E-state index in [1.54, 1.807) is 12.1 Å². The van der Waals surface area contributed by atoms with E-state index in [9.17, 15) is 4.79 Å². The number of nitrogens with one attached hydrogen (secondary N) is 1. The molecule has 2 aromatic carbocycles. The number of imidazole rings is 1. The number of H-pyrrole nitrogens is 1. The summed E-state index contributed by atoms with van der Waals surface area (Å²) in [5.41, 5.74) is 9.90. The number of fused-ring (bicyclic) bond motifs is 1. The molecule has 31 heavy (non-hydrogen) atoms. The number of carbonyl (C=O) groups excluding carboxylic acids is 1. The average molecular weight is 415 g/mol. The normalized spacial score (nSPS) is 14.7. The molecule has 4 aromatic rings. The van der Waals surface area contributed by atoms with Crippen LogP contribution in [0.25, 0.3) is 28.1 Å². The Morgan fingerprint density at radius 2 is 1.87 bits per heavy atom. The molecule has 1 aliphatic heterocycles. The summed E-state index contributed by atoms with van der Waals surface area (Å²) in [6.07, 6.45) is 7.43. The number of hydrogen-bond donors (Lipinski definition) is 2. The van der Waals surface area contributed by atoms with Crippen molar-refractivity contribution in [2.45, 2.75) is 25.8 Å². The van der Waals surface area contributed by atoms with Gasteiger partial charge in [0.2, 0.25) is 0 Å². The van der Waals surface area contributed by atoms with Gasteiger partial charge in [-0.25, -0.2) is 9.78 Å². The lowest BCUT2D eigenvalue weighted by atomic mass is 10.1. The van der Waals surface area contributed by atoms with E-state index in [4.69, 9.17) is 10.5 Å². The Morgan fingerprint density at radius 3 is 2.65 bits per heavy atom. The number of amides is 1. The molecule has 0 atom stereocenters. The Bertz CT molecular complexity index is 1200. The first-order valence-corrected chi connectivity index (χ1v) is 10.6. The molecule has 0 aliphatic carbocycles. The van der Waals surface area contributed by atoms with E-state index in [2.05, 4.69) is 50.0 Å². The molecule has 7 nitrogen and oxygen atoms in total. The molecule has 0 unspecified atom stereocenters. The molecule has 0 bridgehead atoms. The van der Waals surface area contributed by atoms with Crippen molar-refractivity contribution in [1.82, 2.24) is 19.4 Å². The molecule has 1 saturated heterocycles. The maximum absolute atomic E-state index is 11.1. The predicted molar refractivity (Wildman–Crippen MR) is 120 cm³/mol. The van der Waals surface area contributed by atoms with Crippen LogP contribution in [0.5, 0.6) is 5.75 Å². The number of benzene rings is 2. The van der Waals surface area contributed by atoms with Crippen LogP contribution in [0.15, 0.2) is 60.9 Å². The summed E-state index contributed by atoms with van der Waals surface area (Å²) in [6, 6.07) is 15.8. The second-order valence-corrected chi connectivity index (χ2v) is 7.97. The number of carbonyl (C=O) groups is 1. The Balaban J connectivity index is 1.35. The number of aromatic amines is 1. The standard InChI is InChI=1S/C24H25N5O2/c25-24(30)31-21-6-4-5-20-22(21)27-23(26-20)18-7-9-19(10-8-18)29-14-11-17(16-29)15-28-12-2-1-3-13-28/h4-11,14,16H,1-3,12-13,15H2,(H2,25,30)(H,26,27). The molecular weight excluding hydrogens is 390 g/mol. The third-order valence-electron chi connectivity index (χ3n) is 5.73. The Labute approximate surface area is 180 Å². The van der Waals surface area contributed by atoms with Gasteiger partial charge in [0, 0.05) is 30.2 Å². The highest BCUT2D eigenvalue weighted by molar-refractivity contribution is 5.87. The Morgan fingerprint density at radius 1 is 1.06 bits per heavy atom. The molecule has 1 amide bonds. The first kappa shape index (κ1) is 19.4. The van der Waals surface area contributed by atoms with Crippen molar-refractivity contribution < 1.29 is 9.53 Å². The molecule has 158 valence electrons. The van der Waals surface area contributed by atoms with E-state index in [1.165, 1.54) is 37.9 Å². The quantitative estimate of drug-likeness (QED) is 0.503. The third kappa shape index (κ3) is 4.18. The van der Waals surface area contributed by atoms with Crippen molar-refractivity contribution in [1.29, 1.82) is 0 Å². The average Bonchev–Trinajstić information content (AvgIpc) is 3.42. The molecule has 7 heteroatoms. The van der Waals surface area contributed by atoms with Gasteiger partial charge in [0.25, 0.3) is 0 Å². The molecule has 2 aromatic heterocycles. The van der Waals surface area contributed by atoms with Gasteiger partial charge < -0.3 is 20.0 Å². The van der Waals surface area contributed by atoms with E-state index >= 15 is 0 Å². The lowest BCUT2D eigenvalue weighted by Crippen LogP contribution is -2.28. The highest BCUT2D eigenvalue weighted by Crippen LogP contribution is 2.28. The minimum atomic E-state index is -0.854. The minimum Gasteiger partial charge on any atom is -0.408 e. The molecule has 1 fully saturated rings. The molecular formula is C24H25N5O2. The van der Waals surface area contributed by atoms with E-state index in [1.807, 2.05) is 18.2 Å². The van der Waals surface area contributed by atoms with Gasteiger partial charge in [0.1, 0.15) is 11.3 Å². The van der Waals surface area contributed by atoms with E-state index < -0.39 is 6.09 Å². The third-order valence-corrected chi connectivity index (χ3v) is 5.73. The zero-order valence-corrected chi connectivity index (χ0v) is 17.3. The molecule has 0 radical (unpaired) electrons. The van der Waals surface area contributed by atoms with Crippen LogP contribution in [0.1, 0.15) is 24.8 Å². The summed E-state index contributed by atoms with van der Waals surface area (Å²) in [7, 11) is 0. The fourth-order valence-electron chi connectivity index (χ4n) is 4.20. The summed E-state index contributed by atoms with van der Waals surface area (Å²) < 4.78 is 7.21. The minimum absolute atomic E-state index is 0.345. The number of nitrogens with zero attached hydrogens (tertiary/aromatic N) is 3. The highest BCUT2D eigenvalue weighted by atomic mass is 16.5. The second-order valence-electron chi connectivity index (χ2n) is 7.97. The molecule has 3 heterocycles. The Hall–Kier alpha value is -3.58. The van der Waals surface area contributed by atoms with Crippen molar-refractivity contribution in [2.75, 3.05) is 13.1 Å². The lowest BCUT2D eigenvalue weighted by Gasteiger charge is -2.25. The van der Waals surface area contributed by atoms with Crippen molar-refractivity contribution in [3.63, 3.8) is 0 Å². The molecule has 1 aliphatic rings. The largest absolute Gasteiger partial charge is 0.410 e. The molecule has 3 N–H and O–H groups in total. The summed E-state index contributed by atoms with van der Waals surface area (Å²) in [5.74, 6) is 1.05. The number of para-hydroxylation sites is 1. The van der Waals surface area contributed by atoms with Crippen LogP contribution < -0.4 is 10.5 Å². The van der Waals surface area contributed by atoms with Crippen LogP contribution >= 0.6 is 0 Å². The molecule has 5 rings (SSSR count). The van der Waals surface area contributed by atoms with E-state index in [0.717, 1.165) is 23.3 Å². The van der Waals surface area contributed by atoms with Gasteiger partial charge in [0.05, 0.1) is 5.52 Å². The Kier molecular flexibility index (Phi) is 5.18. The van der Waals surface area contributed by atoms with Crippen LogP contribution in [-0.2, 0) is 6.54 Å². The molecule has 0 saturated carbocycles. The van der Waals surface area contributed by atoms with Crippen LogP contribution in [0.3, 0.4) is 0 Å². The van der Waals surface area contributed by atoms with Gasteiger partial charge >= 0.3 is 6.09 Å². The van der Waals surface area contributed by atoms with Gasteiger partial charge in [-0.2, -0.15) is 0 Å². The highest BCUT2D eigenvalue weighted by Gasteiger charge is 2.13. The predicted octanol–water partition coefficient (Wildman–Crippen LogP) is 4.46. The summed E-state index contributed by atoms with van der Waals surface area (Å²) in [5, 5.41) is 0. The lowest BCUT2D eigenvalue weighted by molar-refractivity contribution is 0.211. The number of rotatable bonds is 5. The number of likely N-dealkylation sites (tertiary alicyclic amines) is 1. The zero-order valence-electron chi connectivity index (χ0n) is 17.3. The van der Waals surface area contributed by atoms with Crippen molar-refractivity contribution in [2.24, 2.45) is 5.73 Å².